The minimum atomic E-state index is -4.96. The van der Waals surface area contributed by atoms with Crippen molar-refractivity contribution in [2.45, 2.75) is 426 Å². The average molecular weight is 1420 g/mol. The molecule has 0 aromatic carbocycles. The molecule has 0 radical (unpaired) electrons. The molecular formula is C78H152O17P2. The zero-order valence-corrected chi connectivity index (χ0v) is 65.2. The molecule has 0 heterocycles. The third kappa shape index (κ3) is 72.2. The Morgan fingerprint density at radius 3 is 0.701 bits per heavy atom. The fraction of sp³-hybridized carbons (Fsp3) is 0.949. The van der Waals surface area contributed by atoms with Crippen molar-refractivity contribution in [2.75, 3.05) is 39.6 Å². The van der Waals surface area contributed by atoms with E-state index in [2.05, 4.69) is 41.5 Å². The van der Waals surface area contributed by atoms with Gasteiger partial charge in [-0.2, -0.15) is 0 Å². The van der Waals surface area contributed by atoms with Gasteiger partial charge in [0.25, 0.3) is 0 Å². The zero-order valence-electron chi connectivity index (χ0n) is 63.4. The summed E-state index contributed by atoms with van der Waals surface area (Å²) in [7, 11) is -9.91. The van der Waals surface area contributed by atoms with Gasteiger partial charge in [-0.15, -0.1) is 0 Å². The van der Waals surface area contributed by atoms with Crippen molar-refractivity contribution in [1.82, 2.24) is 0 Å². The highest BCUT2D eigenvalue weighted by molar-refractivity contribution is 7.47. The standard InChI is InChI=1S/C78H152O17P2/c1-7-9-11-13-15-17-19-21-28-32-36-42-48-54-60-75(80)88-66-73(94-77(82)63-57-51-44-38-34-30-26-24-23-25-27-31-35-40-46-52-58-70(3)4)68-92-96(84,85)90-64-72(79)65-91-97(86,87)93-69-74(67-89-76(81)61-55-49-45-39-41-47-53-59-71(5)6)95-78(83)62-56-50-43-37-33-29-22-20-18-16-14-12-10-8-2/h70-74,79H,7-69H2,1-6H3,(H,84,85)(H,86,87)/t72-,73-,74-/m1/s1. The Hall–Kier alpha value is -1.94. The van der Waals surface area contributed by atoms with Crippen LogP contribution in [0.25, 0.3) is 0 Å². The van der Waals surface area contributed by atoms with Crippen molar-refractivity contribution in [3.8, 4) is 0 Å². The number of esters is 4. The van der Waals surface area contributed by atoms with Gasteiger partial charge in [0.2, 0.25) is 0 Å². The first-order chi connectivity index (χ1) is 46.9. The Balaban J connectivity index is 5.23. The molecule has 0 saturated heterocycles. The Morgan fingerprint density at radius 1 is 0.278 bits per heavy atom. The normalized spacial score (nSPS) is 14.0. The number of unbranched alkanes of at least 4 members (excludes halogenated alkanes) is 47. The molecule has 0 aliphatic carbocycles. The second-order valence-corrected chi connectivity index (χ2v) is 32.0. The maximum atomic E-state index is 13.1. The summed E-state index contributed by atoms with van der Waals surface area (Å²) >= 11 is 0. The lowest BCUT2D eigenvalue weighted by Crippen LogP contribution is -2.30. The second-order valence-electron chi connectivity index (χ2n) is 29.1. The number of hydrogen-bond donors (Lipinski definition) is 3. The maximum absolute atomic E-state index is 13.1. The predicted molar refractivity (Wildman–Crippen MR) is 395 cm³/mol. The molecule has 19 heteroatoms. The van der Waals surface area contributed by atoms with Gasteiger partial charge in [-0.1, -0.05) is 356 Å². The van der Waals surface area contributed by atoms with Crippen molar-refractivity contribution in [1.29, 1.82) is 0 Å². The second kappa shape index (κ2) is 69.8. The SMILES string of the molecule is CCCCCCCCCCCCCCCCC(=O)OC[C@H](COP(=O)(O)OC[C@@H](O)COP(=O)(O)OC[C@@H](COC(=O)CCCCCCCCCC(C)C)OC(=O)CCCCCCCCCCCCCCCC)OC(=O)CCCCCCCCCCCCCCCCCCC(C)C. The molecule has 0 rings (SSSR count). The fourth-order valence-corrected chi connectivity index (χ4v) is 13.6. The molecule has 576 valence electrons. The predicted octanol–water partition coefficient (Wildman–Crippen LogP) is 23.1. The molecule has 0 amide bonds. The summed E-state index contributed by atoms with van der Waals surface area (Å²) < 4.78 is 68.6. The van der Waals surface area contributed by atoms with E-state index >= 15 is 0 Å². The van der Waals surface area contributed by atoms with E-state index in [1.807, 2.05) is 0 Å². The molecule has 3 N–H and O–H groups in total. The highest BCUT2D eigenvalue weighted by atomic mass is 31.2. The van der Waals surface area contributed by atoms with E-state index in [0.29, 0.717) is 31.6 Å². The number of hydrogen-bond acceptors (Lipinski definition) is 15. The van der Waals surface area contributed by atoms with Gasteiger partial charge in [-0.25, -0.2) is 9.13 Å². The Labute approximate surface area is 594 Å². The van der Waals surface area contributed by atoms with Gasteiger partial charge in [0.1, 0.15) is 19.3 Å². The molecule has 0 fully saturated rings. The molecule has 0 aliphatic heterocycles. The molecular weight excluding hydrogens is 1270 g/mol. The third-order valence-electron chi connectivity index (χ3n) is 18.2. The smallest absolute Gasteiger partial charge is 0.462 e. The quantitative estimate of drug-likeness (QED) is 0.0222. The monoisotopic (exact) mass is 1420 g/mol. The lowest BCUT2D eigenvalue weighted by atomic mass is 10.0. The zero-order chi connectivity index (χ0) is 71.4. The topological polar surface area (TPSA) is 237 Å². The molecule has 0 bridgehead atoms. The number of phosphoric acid groups is 2. The highest BCUT2D eigenvalue weighted by Gasteiger charge is 2.30. The van der Waals surface area contributed by atoms with E-state index < -0.39 is 97.5 Å². The van der Waals surface area contributed by atoms with Crippen LogP contribution in [0.1, 0.15) is 408 Å². The number of phosphoric ester groups is 2. The van der Waals surface area contributed by atoms with Crippen LogP contribution < -0.4 is 0 Å². The lowest BCUT2D eigenvalue weighted by molar-refractivity contribution is -0.161. The number of carbonyl (C=O) groups excluding carboxylic acids is 4. The lowest BCUT2D eigenvalue weighted by Gasteiger charge is -2.21. The van der Waals surface area contributed by atoms with Crippen LogP contribution in [-0.4, -0.2) is 96.7 Å². The van der Waals surface area contributed by atoms with Crippen molar-refractivity contribution in [3.05, 3.63) is 0 Å². The summed E-state index contributed by atoms with van der Waals surface area (Å²) in [6, 6.07) is 0. The Kier molecular flexibility index (Phi) is 68.4. The van der Waals surface area contributed by atoms with Gasteiger partial charge in [0, 0.05) is 25.7 Å². The molecule has 0 aliphatic rings. The van der Waals surface area contributed by atoms with E-state index in [-0.39, 0.29) is 25.7 Å². The third-order valence-corrected chi connectivity index (χ3v) is 20.1. The van der Waals surface area contributed by atoms with Crippen LogP contribution in [0.4, 0.5) is 0 Å². The molecule has 0 saturated carbocycles. The minimum Gasteiger partial charge on any atom is -0.462 e. The summed E-state index contributed by atoms with van der Waals surface area (Å²) in [5.74, 6) is -0.597. The number of aliphatic hydroxyl groups excluding tert-OH is 1. The van der Waals surface area contributed by atoms with Crippen molar-refractivity contribution in [2.24, 2.45) is 11.8 Å². The summed E-state index contributed by atoms with van der Waals surface area (Å²) in [5, 5.41) is 10.6. The Bertz CT molecular complexity index is 1870. The van der Waals surface area contributed by atoms with Gasteiger partial charge < -0.3 is 33.8 Å². The van der Waals surface area contributed by atoms with Crippen LogP contribution in [0, 0.1) is 11.8 Å². The molecule has 0 spiro atoms. The summed E-state index contributed by atoms with van der Waals surface area (Å²) in [6.07, 6.45) is 58.2. The number of rotatable bonds is 77. The fourth-order valence-electron chi connectivity index (χ4n) is 12.0. The molecule has 0 aromatic heterocycles. The van der Waals surface area contributed by atoms with Crippen LogP contribution in [0.2, 0.25) is 0 Å². The first-order valence-corrected chi connectivity index (χ1v) is 43.5. The van der Waals surface area contributed by atoms with Gasteiger partial charge >= 0.3 is 39.5 Å². The van der Waals surface area contributed by atoms with Gasteiger partial charge in [0.05, 0.1) is 26.4 Å². The van der Waals surface area contributed by atoms with Crippen molar-refractivity contribution < 1.29 is 80.2 Å². The molecule has 97 heavy (non-hydrogen) atoms. The van der Waals surface area contributed by atoms with E-state index in [9.17, 15) is 43.2 Å². The van der Waals surface area contributed by atoms with Crippen LogP contribution in [0.15, 0.2) is 0 Å². The van der Waals surface area contributed by atoms with Crippen molar-refractivity contribution in [3.63, 3.8) is 0 Å². The minimum absolute atomic E-state index is 0.107. The van der Waals surface area contributed by atoms with E-state index in [1.54, 1.807) is 0 Å². The Morgan fingerprint density at radius 2 is 0.474 bits per heavy atom. The van der Waals surface area contributed by atoms with Gasteiger partial charge in [-0.05, 0) is 37.5 Å². The van der Waals surface area contributed by atoms with Crippen LogP contribution in [0.5, 0.6) is 0 Å². The van der Waals surface area contributed by atoms with E-state index in [4.69, 9.17) is 37.0 Å². The number of carbonyl (C=O) groups is 4. The molecule has 5 atom stereocenters. The van der Waals surface area contributed by atoms with Gasteiger partial charge in [-0.3, -0.25) is 37.3 Å². The van der Waals surface area contributed by atoms with Crippen LogP contribution in [-0.2, 0) is 65.4 Å². The van der Waals surface area contributed by atoms with Crippen LogP contribution >= 0.6 is 15.6 Å². The largest absolute Gasteiger partial charge is 0.472 e. The number of aliphatic hydroxyl groups is 1. The first kappa shape index (κ1) is 95.1. The maximum Gasteiger partial charge on any atom is 0.472 e. The molecule has 0 aromatic rings. The van der Waals surface area contributed by atoms with Crippen LogP contribution in [0.3, 0.4) is 0 Å². The van der Waals surface area contributed by atoms with Gasteiger partial charge in [0.15, 0.2) is 12.2 Å². The average Bonchev–Trinajstić information content (AvgIpc) is 1.88. The van der Waals surface area contributed by atoms with E-state index in [0.717, 1.165) is 102 Å². The summed E-state index contributed by atoms with van der Waals surface area (Å²) in [5.41, 5.74) is 0. The van der Waals surface area contributed by atoms with E-state index in [1.165, 1.54) is 218 Å². The summed E-state index contributed by atoms with van der Waals surface area (Å²) in [6.45, 7) is 9.59. The van der Waals surface area contributed by atoms with Crippen molar-refractivity contribution >= 4 is 39.5 Å². The molecule has 2 unspecified atom stereocenters. The first-order valence-electron chi connectivity index (χ1n) is 40.5. The molecule has 17 nitrogen and oxygen atoms in total. The highest BCUT2D eigenvalue weighted by Crippen LogP contribution is 2.45. The summed E-state index contributed by atoms with van der Waals surface area (Å²) in [4.78, 5) is 72.9. The number of ether oxygens (including phenoxy) is 4.